The molecule has 0 aromatic heterocycles. The Morgan fingerprint density at radius 2 is 2.25 bits per heavy atom. The lowest BCUT2D eigenvalue weighted by molar-refractivity contribution is -0.0313. The molecule has 0 aromatic rings. The zero-order chi connectivity index (χ0) is 12.2. The minimum atomic E-state index is -0.0324. The van der Waals surface area contributed by atoms with E-state index in [4.69, 9.17) is 22.7 Å². The normalized spacial score (nSPS) is 23.3. The van der Waals surface area contributed by atoms with Gasteiger partial charge in [-0.05, 0) is 19.4 Å². The fourth-order valence-corrected chi connectivity index (χ4v) is 1.89. The van der Waals surface area contributed by atoms with E-state index in [2.05, 4.69) is 25.7 Å². The van der Waals surface area contributed by atoms with Gasteiger partial charge in [-0.1, -0.05) is 33.0 Å². The van der Waals surface area contributed by atoms with Gasteiger partial charge in [-0.3, -0.25) is 4.90 Å². The van der Waals surface area contributed by atoms with Crippen molar-refractivity contribution in [1.29, 1.82) is 0 Å². The predicted octanol–water partition coefficient (Wildman–Crippen LogP) is 1.80. The molecule has 3 nitrogen and oxygen atoms in total. The van der Waals surface area contributed by atoms with Crippen LogP contribution in [0.3, 0.4) is 0 Å². The number of hydrogen-bond acceptors (Lipinski definition) is 3. The molecule has 0 amide bonds. The van der Waals surface area contributed by atoms with Gasteiger partial charge in [0.25, 0.3) is 0 Å². The molecular weight excluding hydrogens is 220 g/mol. The molecule has 1 atom stereocenters. The molecule has 94 valence electrons. The summed E-state index contributed by atoms with van der Waals surface area (Å²) in [6.07, 6.45) is 2.52. The van der Waals surface area contributed by atoms with Crippen LogP contribution in [0.4, 0.5) is 0 Å². The van der Waals surface area contributed by atoms with Crippen LogP contribution in [0, 0.1) is 5.41 Å². The number of morpholine rings is 1. The van der Waals surface area contributed by atoms with E-state index in [9.17, 15) is 0 Å². The van der Waals surface area contributed by atoms with Crippen molar-refractivity contribution >= 4 is 17.2 Å². The lowest BCUT2D eigenvalue weighted by Gasteiger charge is -2.34. The quantitative estimate of drug-likeness (QED) is 0.749. The van der Waals surface area contributed by atoms with Gasteiger partial charge < -0.3 is 10.5 Å². The van der Waals surface area contributed by atoms with Crippen LogP contribution >= 0.6 is 12.2 Å². The minimum absolute atomic E-state index is 0.0324. The molecule has 16 heavy (non-hydrogen) atoms. The maximum Gasteiger partial charge on any atom is 0.0784 e. The fourth-order valence-electron chi connectivity index (χ4n) is 1.79. The van der Waals surface area contributed by atoms with Crippen molar-refractivity contribution in [1.82, 2.24) is 4.90 Å². The first kappa shape index (κ1) is 13.9. The summed E-state index contributed by atoms with van der Waals surface area (Å²) < 4.78 is 5.64. The van der Waals surface area contributed by atoms with Crippen LogP contribution in [-0.2, 0) is 4.74 Å². The van der Waals surface area contributed by atoms with Crippen LogP contribution in [0.1, 0.15) is 33.6 Å². The summed E-state index contributed by atoms with van der Waals surface area (Å²) in [5.74, 6) is 0. The molecule has 0 aliphatic carbocycles. The highest BCUT2D eigenvalue weighted by atomic mass is 32.1. The predicted molar refractivity (Wildman–Crippen MR) is 71.7 cm³/mol. The number of nitrogens with two attached hydrogens (primary N) is 1. The highest BCUT2D eigenvalue weighted by Gasteiger charge is 2.24. The van der Waals surface area contributed by atoms with E-state index in [0.29, 0.717) is 11.1 Å². The van der Waals surface area contributed by atoms with E-state index >= 15 is 0 Å². The maximum absolute atomic E-state index is 5.73. The Hall–Kier alpha value is -0.190. The van der Waals surface area contributed by atoms with Crippen molar-refractivity contribution in [2.24, 2.45) is 11.1 Å². The molecule has 1 rings (SSSR count). The molecule has 0 spiro atoms. The van der Waals surface area contributed by atoms with Gasteiger partial charge in [0, 0.05) is 18.5 Å². The van der Waals surface area contributed by atoms with Gasteiger partial charge in [-0.2, -0.15) is 0 Å². The smallest absolute Gasteiger partial charge is 0.0784 e. The molecule has 1 fully saturated rings. The number of nitrogens with zero attached hydrogens (tertiary/aromatic N) is 1. The van der Waals surface area contributed by atoms with Crippen LogP contribution in [-0.4, -0.2) is 42.2 Å². The average molecular weight is 244 g/mol. The molecule has 0 saturated carbocycles. The van der Waals surface area contributed by atoms with Crippen molar-refractivity contribution in [3.05, 3.63) is 0 Å². The fraction of sp³-hybridized carbons (Fsp3) is 0.917. The van der Waals surface area contributed by atoms with E-state index in [1.807, 2.05) is 0 Å². The summed E-state index contributed by atoms with van der Waals surface area (Å²) in [5, 5.41) is 0. The van der Waals surface area contributed by atoms with Crippen molar-refractivity contribution in [3.63, 3.8) is 0 Å². The zero-order valence-electron chi connectivity index (χ0n) is 10.7. The topological polar surface area (TPSA) is 38.5 Å². The molecule has 1 aliphatic heterocycles. The Morgan fingerprint density at radius 3 is 2.81 bits per heavy atom. The summed E-state index contributed by atoms with van der Waals surface area (Å²) in [7, 11) is 0. The second-order valence-corrected chi connectivity index (χ2v) is 5.64. The van der Waals surface area contributed by atoms with E-state index in [0.717, 1.165) is 39.1 Å². The first-order valence-corrected chi connectivity index (χ1v) is 6.50. The highest BCUT2D eigenvalue weighted by molar-refractivity contribution is 7.80. The van der Waals surface area contributed by atoms with Crippen molar-refractivity contribution in [2.45, 2.75) is 39.7 Å². The SMILES string of the molecule is CCC1CN(CCC(C)(C)C(N)=S)CCO1. The van der Waals surface area contributed by atoms with Gasteiger partial charge in [0.1, 0.15) is 0 Å². The zero-order valence-corrected chi connectivity index (χ0v) is 11.5. The molecule has 0 radical (unpaired) electrons. The molecule has 1 unspecified atom stereocenters. The van der Waals surface area contributed by atoms with Crippen LogP contribution in [0.25, 0.3) is 0 Å². The lowest BCUT2D eigenvalue weighted by Crippen LogP contribution is -2.44. The lowest BCUT2D eigenvalue weighted by atomic mass is 9.89. The van der Waals surface area contributed by atoms with E-state index in [1.165, 1.54) is 0 Å². The van der Waals surface area contributed by atoms with Crippen LogP contribution < -0.4 is 5.73 Å². The number of thiocarbonyl (C=S) groups is 1. The third-order valence-corrected chi connectivity index (χ3v) is 3.95. The monoisotopic (exact) mass is 244 g/mol. The summed E-state index contributed by atoms with van der Waals surface area (Å²) in [5.41, 5.74) is 5.70. The molecule has 0 bridgehead atoms. The standard InChI is InChI=1S/C12H24N2OS/c1-4-10-9-14(7-8-15-10)6-5-12(2,3)11(13)16/h10H,4-9H2,1-3H3,(H2,13,16). The first-order valence-electron chi connectivity index (χ1n) is 6.09. The molecule has 2 N–H and O–H groups in total. The Labute approximate surface area is 104 Å². The van der Waals surface area contributed by atoms with E-state index < -0.39 is 0 Å². The Kier molecular flexibility index (Phi) is 5.15. The van der Waals surface area contributed by atoms with Gasteiger partial charge in [-0.25, -0.2) is 0 Å². The maximum atomic E-state index is 5.73. The van der Waals surface area contributed by atoms with Gasteiger partial charge in [-0.15, -0.1) is 0 Å². The van der Waals surface area contributed by atoms with Crippen molar-refractivity contribution in [3.8, 4) is 0 Å². The van der Waals surface area contributed by atoms with E-state index in [-0.39, 0.29) is 5.41 Å². The molecule has 0 aromatic carbocycles. The average Bonchev–Trinajstić information content (AvgIpc) is 2.26. The van der Waals surface area contributed by atoms with Crippen LogP contribution in [0.5, 0.6) is 0 Å². The molecular formula is C12H24N2OS. The summed E-state index contributed by atoms with van der Waals surface area (Å²) in [4.78, 5) is 3.07. The van der Waals surface area contributed by atoms with Crippen molar-refractivity contribution in [2.75, 3.05) is 26.2 Å². The molecule has 1 heterocycles. The third-order valence-electron chi connectivity index (χ3n) is 3.40. The largest absolute Gasteiger partial charge is 0.393 e. The van der Waals surface area contributed by atoms with Crippen LogP contribution in [0.2, 0.25) is 0 Å². The minimum Gasteiger partial charge on any atom is -0.393 e. The second-order valence-electron chi connectivity index (χ2n) is 5.20. The molecule has 1 aliphatic rings. The van der Waals surface area contributed by atoms with E-state index in [1.54, 1.807) is 0 Å². The Bertz CT molecular complexity index is 243. The summed E-state index contributed by atoms with van der Waals surface area (Å²) in [6.45, 7) is 10.4. The van der Waals surface area contributed by atoms with Crippen LogP contribution in [0.15, 0.2) is 0 Å². The molecule has 4 heteroatoms. The first-order chi connectivity index (χ1) is 7.45. The third kappa shape index (κ3) is 4.00. The van der Waals surface area contributed by atoms with Gasteiger partial charge in [0.2, 0.25) is 0 Å². The van der Waals surface area contributed by atoms with Crippen molar-refractivity contribution < 1.29 is 4.74 Å². The number of hydrogen-bond donors (Lipinski definition) is 1. The van der Waals surface area contributed by atoms with Gasteiger partial charge in [0.05, 0.1) is 17.7 Å². The van der Waals surface area contributed by atoms with Gasteiger partial charge in [0.15, 0.2) is 0 Å². The summed E-state index contributed by atoms with van der Waals surface area (Å²) in [6, 6.07) is 0. The second kappa shape index (κ2) is 5.94. The molecule has 1 saturated heterocycles. The Morgan fingerprint density at radius 1 is 1.56 bits per heavy atom. The van der Waals surface area contributed by atoms with Gasteiger partial charge >= 0.3 is 0 Å². The highest BCUT2D eigenvalue weighted by Crippen LogP contribution is 2.21. The summed E-state index contributed by atoms with van der Waals surface area (Å²) >= 11 is 5.08. The number of rotatable bonds is 5. The Balaban J connectivity index is 2.35. The number of ether oxygens (including phenoxy) is 1.